The zero-order valence-corrected chi connectivity index (χ0v) is 15.5. The van der Waals surface area contributed by atoms with Crippen molar-refractivity contribution in [1.82, 2.24) is 14.9 Å². The summed E-state index contributed by atoms with van der Waals surface area (Å²) in [5.74, 6) is 1.78. The molecular formula is C21H20N4O3. The van der Waals surface area contributed by atoms with Crippen molar-refractivity contribution in [3.8, 4) is 11.5 Å². The van der Waals surface area contributed by atoms with Gasteiger partial charge in [-0.15, -0.1) is 0 Å². The second-order valence-corrected chi connectivity index (χ2v) is 6.42. The number of hydrogen-bond donors (Lipinski definition) is 1. The molecule has 0 atom stereocenters. The summed E-state index contributed by atoms with van der Waals surface area (Å²) in [5.41, 5.74) is 2.16. The smallest absolute Gasteiger partial charge is 0.274 e. The van der Waals surface area contributed by atoms with Gasteiger partial charge in [-0.1, -0.05) is 30.3 Å². The summed E-state index contributed by atoms with van der Waals surface area (Å²) < 4.78 is 11.1. The van der Waals surface area contributed by atoms with Crippen LogP contribution < -0.4 is 14.8 Å². The van der Waals surface area contributed by atoms with Crippen molar-refractivity contribution in [2.45, 2.75) is 6.54 Å². The van der Waals surface area contributed by atoms with Crippen LogP contribution in [0, 0.1) is 0 Å². The number of fused-ring (bicyclic) bond motifs is 1. The van der Waals surface area contributed by atoms with Crippen molar-refractivity contribution in [3.05, 3.63) is 72.2 Å². The first-order valence-corrected chi connectivity index (χ1v) is 8.97. The van der Waals surface area contributed by atoms with E-state index in [1.165, 1.54) is 6.20 Å². The molecule has 1 aromatic heterocycles. The fraction of sp³-hybridized carbons (Fsp3) is 0.190. The second-order valence-electron chi connectivity index (χ2n) is 6.42. The number of carbonyl (C=O) groups is 1. The van der Waals surface area contributed by atoms with Gasteiger partial charge in [0.05, 0.1) is 12.4 Å². The van der Waals surface area contributed by atoms with Gasteiger partial charge in [0.25, 0.3) is 5.91 Å². The number of rotatable bonds is 5. The van der Waals surface area contributed by atoms with Crippen LogP contribution in [-0.2, 0) is 6.54 Å². The van der Waals surface area contributed by atoms with E-state index >= 15 is 0 Å². The fourth-order valence-corrected chi connectivity index (χ4v) is 2.90. The summed E-state index contributed by atoms with van der Waals surface area (Å²) in [6, 6.07) is 15.4. The highest BCUT2D eigenvalue weighted by atomic mass is 16.6. The van der Waals surface area contributed by atoms with Crippen molar-refractivity contribution >= 4 is 17.4 Å². The monoisotopic (exact) mass is 376 g/mol. The van der Waals surface area contributed by atoms with Crippen molar-refractivity contribution in [3.63, 3.8) is 0 Å². The van der Waals surface area contributed by atoms with E-state index in [9.17, 15) is 4.79 Å². The minimum atomic E-state index is -0.178. The molecule has 0 bridgehead atoms. The molecule has 0 unspecified atom stereocenters. The van der Waals surface area contributed by atoms with Crippen molar-refractivity contribution < 1.29 is 14.3 Å². The van der Waals surface area contributed by atoms with E-state index in [2.05, 4.69) is 15.3 Å². The Bertz CT molecular complexity index is 961. The van der Waals surface area contributed by atoms with Gasteiger partial charge in [0.2, 0.25) is 0 Å². The number of aromatic nitrogens is 2. The minimum absolute atomic E-state index is 0.178. The molecule has 3 aromatic rings. The van der Waals surface area contributed by atoms with E-state index in [1.807, 2.05) is 48.5 Å². The molecule has 0 radical (unpaired) electrons. The van der Waals surface area contributed by atoms with Gasteiger partial charge in [-0.3, -0.25) is 4.79 Å². The lowest BCUT2D eigenvalue weighted by molar-refractivity contribution is 0.0779. The van der Waals surface area contributed by atoms with Gasteiger partial charge in [0.1, 0.15) is 24.7 Å². The molecular weight excluding hydrogens is 356 g/mol. The summed E-state index contributed by atoms with van der Waals surface area (Å²) in [6.07, 6.45) is 3.02. The maximum atomic E-state index is 12.6. The molecule has 0 aliphatic carbocycles. The standard InChI is InChI=1S/C21H20N4O3/c1-25(14-15-5-3-2-4-6-15)21(26)17-12-23-20(13-22-17)24-16-7-8-18-19(11-16)28-10-9-27-18/h2-8,11-13H,9-10,14H2,1H3,(H,23,24). The molecule has 0 fully saturated rings. The predicted molar refractivity (Wildman–Crippen MR) is 105 cm³/mol. The van der Waals surface area contributed by atoms with E-state index in [4.69, 9.17) is 9.47 Å². The van der Waals surface area contributed by atoms with Gasteiger partial charge in [0, 0.05) is 25.3 Å². The highest BCUT2D eigenvalue weighted by molar-refractivity contribution is 5.91. The third-order valence-electron chi connectivity index (χ3n) is 4.29. The quantitative estimate of drug-likeness (QED) is 0.737. The molecule has 7 nitrogen and oxygen atoms in total. The van der Waals surface area contributed by atoms with Crippen molar-refractivity contribution in [2.75, 3.05) is 25.6 Å². The first-order chi connectivity index (χ1) is 13.7. The van der Waals surface area contributed by atoms with Gasteiger partial charge in [-0.05, 0) is 17.7 Å². The maximum absolute atomic E-state index is 12.6. The number of ether oxygens (including phenoxy) is 2. The number of amides is 1. The fourth-order valence-electron chi connectivity index (χ4n) is 2.90. The molecule has 2 heterocycles. The predicted octanol–water partition coefficient (Wildman–Crippen LogP) is 3.26. The number of nitrogens with one attached hydrogen (secondary N) is 1. The summed E-state index contributed by atoms with van der Waals surface area (Å²) in [7, 11) is 1.75. The third-order valence-corrected chi connectivity index (χ3v) is 4.29. The molecule has 1 N–H and O–H groups in total. The van der Waals surface area contributed by atoms with E-state index in [-0.39, 0.29) is 5.91 Å². The molecule has 0 saturated carbocycles. The highest BCUT2D eigenvalue weighted by Gasteiger charge is 2.15. The highest BCUT2D eigenvalue weighted by Crippen LogP contribution is 2.33. The van der Waals surface area contributed by atoms with E-state index < -0.39 is 0 Å². The Morgan fingerprint density at radius 1 is 1.04 bits per heavy atom. The van der Waals surface area contributed by atoms with Gasteiger partial charge >= 0.3 is 0 Å². The van der Waals surface area contributed by atoms with Crippen LogP contribution in [0.1, 0.15) is 16.1 Å². The molecule has 1 amide bonds. The number of benzene rings is 2. The van der Waals surface area contributed by atoms with Crippen LogP contribution in [0.2, 0.25) is 0 Å². The van der Waals surface area contributed by atoms with E-state index in [0.717, 1.165) is 17.0 Å². The van der Waals surface area contributed by atoms with Crippen LogP contribution in [0.25, 0.3) is 0 Å². The molecule has 2 aromatic carbocycles. The Morgan fingerprint density at radius 3 is 2.57 bits per heavy atom. The Hall–Kier alpha value is -3.61. The van der Waals surface area contributed by atoms with Gasteiger partial charge < -0.3 is 19.7 Å². The lowest BCUT2D eigenvalue weighted by atomic mass is 10.2. The normalized spacial score (nSPS) is 12.3. The summed E-state index contributed by atoms with van der Waals surface area (Å²) in [5, 5.41) is 3.16. The third kappa shape index (κ3) is 4.03. The van der Waals surface area contributed by atoms with Crippen molar-refractivity contribution in [1.29, 1.82) is 0 Å². The molecule has 1 aliphatic rings. The zero-order chi connectivity index (χ0) is 19.3. The largest absolute Gasteiger partial charge is 0.486 e. The Labute approximate surface area is 163 Å². The van der Waals surface area contributed by atoms with Crippen LogP contribution in [0.4, 0.5) is 11.5 Å². The van der Waals surface area contributed by atoms with Gasteiger partial charge in [0.15, 0.2) is 11.5 Å². The lowest BCUT2D eigenvalue weighted by Crippen LogP contribution is -2.27. The number of carbonyl (C=O) groups excluding carboxylic acids is 1. The number of anilines is 2. The zero-order valence-electron chi connectivity index (χ0n) is 15.5. The molecule has 7 heteroatoms. The van der Waals surface area contributed by atoms with Crippen molar-refractivity contribution in [2.24, 2.45) is 0 Å². The first kappa shape index (κ1) is 17.8. The van der Waals surface area contributed by atoms with E-state index in [0.29, 0.717) is 37.0 Å². The average Bonchev–Trinajstić information content (AvgIpc) is 2.74. The molecule has 1 aliphatic heterocycles. The number of hydrogen-bond acceptors (Lipinski definition) is 6. The molecule has 28 heavy (non-hydrogen) atoms. The van der Waals surface area contributed by atoms with Crippen LogP contribution in [0.5, 0.6) is 11.5 Å². The Balaban J connectivity index is 1.41. The van der Waals surface area contributed by atoms with Gasteiger partial charge in [-0.25, -0.2) is 9.97 Å². The first-order valence-electron chi connectivity index (χ1n) is 8.97. The average molecular weight is 376 g/mol. The SMILES string of the molecule is CN(Cc1ccccc1)C(=O)c1cnc(Nc2ccc3c(c2)OCCO3)cn1. The summed E-state index contributed by atoms with van der Waals surface area (Å²) in [6.45, 7) is 1.60. The van der Waals surface area contributed by atoms with E-state index in [1.54, 1.807) is 18.1 Å². The number of nitrogens with zero attached hydrogens (tertiary/aromatic N) is 3. The Kier molecular flexibility index (Phi) is 5.05. The molecule has 0 saturated heterocycles. The second kappa shape index (κ2) is 7.96. The molecule has 0 spiro atoms. The molecule has 142 valence electrons. The van der Waals surface area contributed by atoms with Crippen LogP contribution in [0.3, 0.4) is 0 Å². The maximum Gasteiger partial charge on any atom is 0.274 e. The topological polar surface area (TPSA) is 76.6 Å². The van der Waals surface area contributed by atoms with Crippen LogP contribution in [-0.4, -0.2) is 41.0 Å². The Morgan fingerprint density at radius 2 is 1.82 bits per heavy atom. The minimum Gasteiger partial charge on any atom is -0.486 e. The summed E-state index contributed by atoms with van der Waals surface area (Å²) >= 11 is 0. The van der Waals surface area contributed by atoms with Crippen LogP contribution in [0.15, 0.2) is 60.9 Å². The molecule has 4 rings (SSSR count). The van der Waals surface area contributed by atoms with Gasteiger partial charge in [-0.2, -0.15) is 0 Å². The summed E-state index contributed by atoms with van der Waals surface area (Å²) in [4.78, 5) is 22.7. The van der Waals surface area contributed by atoms with Crippen LogP contribution >= 0.6 is 0 Å². The lowest BCUT2D eigenvalue weighted by Gasteiger charge is -2.19.